The fourth-order valence-electron chi connectivity index (χ4n) is 6.37. The third kappa shape index (κ3) is 5.24. The van der Waals surface area contributed by atoms with Gasteiger partial charge in [0.15, 0.2) is 0 Å². The van der Waals surface area contributed by atoms with Crippen LogP contribution in [0.15, 0.2) is 54.6 Å². The third-order valence-corrected chi connectivity index (χ3v) is 8.19. The van der Waals surface area contributed by atoms with Gasteiger partial charge in [-0.2, -0.15) is 0 Å². The Bertz CT molecular complexity index is 864. The highest BCUT2D eigenvalue weighted by atomic mass is 19.1. The topological polar surface area (TPSA) is 9.72 Å². The molecular formula is C28H38FN3. The first kappa shape index (κ1) is 22.1. The second-order valence-corrected chi connectivity index (χ2v) is 10.4. The summed E-state index contributed by atoms with van der Waals surface area (Å²) in [4.78, 5) is 7.98. The monoisotopic (exact) mass is 435 g/mol. The SMILES string of the molecule is Fc1ccccc1CN1CCCC2(CCN(C3CCN(CCc4ccccc4)CC3)C2)C1. The van der Waals surface area contributed by atoms with E-state index in [1.165, 1.54) is 70.4 Å². The van der Waals surface area contributed by atoms with Gasteiger partial charge in [-0.15, -0.1) is 0 Å². The Morgan fingerprint density at radius 2 is 1.59 bits per heavy atom. The molecule has 3 saturated heterocycles. The molecule has 172 valence electrons. The minimum atomic E-state index is -0.0563. The summed E-state index contributed by atoms with van der Waals surface area (Å²) in [6.07, 6.45) is 7.69. The van der Waals surface area contributed by atoms with Gasteiger partial charge in [-0.05, 0) is 81.7 Å². The van der Waals surface area contributed by atoms with E-state index < -0.39 is 0 Å². The Labute approximate surface area is 193 Å². The highest BCUT2D eigenvalue weighted by molar-refractivity contribution is 5.17. The summed E-state index contributed by atoms with van der Waals surface area (Å²) in [7, 11) is 0. The Hall–Kier alpha value is -1.75. The smallest absolute Gasteiger partial charge is 0.127 e. The van der Waals surface area contributed by atoms with Crippen LogP contribution in [0.5, 0.6) is 0 Å². The van der Waals surface area contributed by atoms with Crippen LogP contribution in [-0.2, 0) is 13.0 Å². The van der Waals surface area contributed by atoms with Gasteiger partial charge in [0.2, 0.25) is 0 Å². The maximum absolute atomic E-state index is 14.2. The summed E-state index contributed by atoms with van der Waals surface area (Å²) < 4.78 is 14.2. The van der Waals surface area contributed by atoms with Crippen molar-refractivity contribution in [1.82, 2.24) is 14.7 Å². The molecule has 0 saturated carbocycles. The summed E-state index contributed by atoms with van der Waals surface area (Å²) >= 11 is 0. The van der Waals surface area contributed by atoms with Gasteiger partial charge < -0.3 is 4.90 Å². The van der Waals surface area contributed by atoms with E-state index in [1.807, 2.05) is 12.1 Å². The maximum atomic E-state index is 14.2. The normalized spacial score (nSPS) is 26.2. The van der Waals surface area contributed by atoms with Crippen LogP contribution in [0.25, 0.3) is 0 Å². The zero-order chi connectivity index (χ0) is 21.8. The molecule has 3 fully saturated rings. The second-order valence-electron chi connectivity index (χ2n) is 10.4. The molecule has 2 aromatic rings. The molecule has 0 bridgehead atoms. The van der Waals surface area contributed by atoms with Crippen molar-refractivity contribution < 1.29 is 4.39 Å². The van der Waals surface area contributed by atoms with Gasteiger partial charge in [-0.25, -0.2) is 4.39 Å². The molecule has 32 heavy (non-hydrogen) atoms. The summed E-state index contributed by atoms with van der Waals surface area (Å²) in [6, 6.07) is 18.9. The maximum Gasteiger partial charge on any atom is 0.127 e. The summed E-state index contributed by atoms with van der Waals surface area (Å²) in [5.74, 6) is -0.0563. The molecule has 0 N–H and O–H groups in total. The molecule has 0 amide bonds. The second kappa shape index (κ2) is 10.0. The van der Waals surface area contributed by atoms with Crippen molar-refractivity contribution in [3.05, 3.63) is 71.5 Å². The number of halogens is 1. The van der Waals surface area contributed by atoms with Crippen molar-refractivity contribution in [2.75, 3.05) is 45.8 Å². The van der Waals surface area contributed by atoms with Crippen LogP contribution < -0.4 is 0 Å². The highest BCUT2D eigenvalue weighted by Gasteiger charge is 2.43. The lowest BCUT2D eigenvalue weighted by Crippen LogP contribution is -2.48. The fourth-order valence-corrected chi connectivity index (χ4v) is 6.37. The summed E-state index contributed by atoms with van der Waals surface area (Å²) in [6.45, 7) is 9.15. The van der Waals surface area contributed by atoms with E-state index in [1.54, 1.807) is 12.1 Å². The number of hydrogen-bond acceptors (Lipinski definition) is 3. The zero-order valence-corrected chi connectivity index (χ0v) is 19.4. The van der Waals surface area contributed by atoms with E-state index >= 15 is 0 Å². The largest absolute Gasteiger partial charge is 0.303 e. The van der Waals surface area contributed by atoms with Crippen LogP contribution in [0.1, 0.15) is 43.2 Å². The molecule has 0 aliphatic carbocycles. The minimum absolute atomic E-state index is 0.0563. The average Bonchev–Trinajstić information content (AvgIpc) is 3.23. The van der Waals surface area contributed by atoms with Crippen molar-refractivity contribution in [3.8, 4) is 0 Å². The third-order valence-electron chi connectivity index (χ3n) is 8.19. The van der Waals surface area contributed by atoms with Crippen molar-refractivity contribution in [3.63, 3.8) is 0 Å². The van der Waals surface area contributed by atoms with Crippen LogP contribution >= 0.6 is 0 Å². The van der Waals surface area contributed by atoms with Gasteiger partial charge in [-0.1, -0.05) is 48.5 Å². The van der Waals surface area contributed by atoms with E-state index in [9.17, 15) is 4.39 Å². The number of rotatable bonds is 6. The van der Waals surface area contributed by atoms with Crippen LogP contribution in [0.3, 0.4) is 0 Å². The van der Waals surface area contributed by atoms with Crippen molar-refractivity contribution in [2.45, 2.75) is 51.1 Å². The fraction of sp³-hybridized carbons (Fsp3) is 0.571. The van der Waals surface area contributed by atoms with E-state index in [2.05, 4.69) is 45.0 Å². The molecule has 2 aromatic carbocycles. The first-order valence-electron chi connectivity index (χ1n) is 12.7. The Kier molecular flexibility index (Phi) is 6.91. The molecule has 0 radical (unpaired) electrons. The number of piperidine rings is 2. The summed E-state index contributed by atoms with van der Waals surface area (Å²) in [5, 5.41) is 0. The number of nitrogens with zero attached hydrogens (tertiary/aromatic N) is 3. The van der Waals surface area contributed by atoms with Gasteiger partial charge in [0, 0.05) is 37.8 Å². The molecule has 1 unspecified atom stereocenters. The van der Waals surface area contributed by atoms with Gasteiger partial charge >= 0.3 is 0 Å². The molecule has 3 nitrogen and oxygen atoms in total. The molecule has 1 atom stereocenters. The Morgan fingerprint density at radius 3 is 2.41 bits per heavy atom. The molecule has 5 rings (SSSR count). The van der Waals surface area contributed by atoms with Gasteiger partial charge in [-0.3, -0.25) is 9.80 Å². The first-order valence-corrected chi connectivity index (χ1v) is 12.7. The minimum Gasteiger partial charge on any atom is -0.303 e. The average molecular weight is 436 g/mol. The molecule has 1 spiro atoms. The lowest BCUT2D eigenvalue weighted by Gasteiger charge is -2.42. The molecule has 0 aromatic heterocycles. The van der Waals surface area contributed by atoms with Gasteiger partial charge in [0.25, 0.3) is 0 Å². The summed E-state index contributed by atoms with van der Waals surface area (Å²) in [5.41, 5.74) is 2.73. The standard InChI is InChI=1S/C28H38FN3/c29-27-10-5-4-9-25(27)21-31-16-6-14-28(22-31)15-20-32(23-28)26-12-18-30(19-13-26)17-11-24-7-2-1-3-8-24/h1-5,7-10,26H,6,11-23H2. The van der Waals surface area contributed by atoms with Gasteiger partial charge in [0.05, 0.1) is 0 Å². The molecule has 4 heteroatoms. The van der Waals surface area contributed by atoms with E-state index in [0.29, 0.717) is 5.41 Å². The van der Waals surface area contributed by atoms with Crippen molar-refractivity contribution in [1.29, 1.82) is 0 Å². The van der Waals surface area contributed by atoms with Crippen LogP contribution in [0.2, 0.25) is 0 Å². The van der Waals surface area contributed by atoms with E-state index in [0.717, 1.165) is 37.7 Å². The van der Waals surface area contributed by atoms with Crippen molar-refractivity contribution in [2.24, 2.45) is 5.41 Å². The predicted octanol–water partition coefficient (Wildman–Crippen LogP) is 4.82. The lowest BCUT2D eigenvalue weighted by atomic mass is 9.79. The van der Waals surface area contributed by atoms with Crippen LogP contribution in [-0.4, -0.2) is 66.6 Å². The first-order chi connectivity index (χ1) is 15.7. The molecule has 3 aliphatic rings. The Morgan fingerprint density at radius 1 is 0.812 bits per heavy atom. The number of benzene rings is 2. The van der Waals surface area contributed by atoms with Crippen LogP contribution in [0.4, 0.5) is 4.39 Å². The molecule has 3 heterocycles. The predicted molar refractivity (Wildman–Crippen MR) is 129 cm³/mol. The van der Waals surface area contributed by atoms with Crippen LogP contribution in [0, 0.1) is 11.2 Å². The highest BCUT2D eigenvalue weighted by Crippen LogP contribution is 2.41. The molecular weight excluding hydrogens is 397 g/mol. The van der Waals surface area contributed by atoms with Crippen molar-refractivity contribution >= 4 is 0 Å². The van der Waals surface area contributed by atoms with Gasteiger partial charge in [0.1, 0.15) is 5.82 Å². The number of likely N-dealkylation sites (tertiary alicyclic amines) is 3. The lowest BCUT2D eigenvalue weighted by molar-refractivity contribution is 0.0694. The Balaban J connectivity index is 1.10. The quantitative estimate of drug-likeness (QED) is 0.644. The molecule has 3 aliphatic heterocycles. The number of hydrogen-bond donors (Lipinski definition) is 0. The van der Waals surface area contributed by atoms with E-state index in [-0.39, 0.29) is 5.82 Å². The zero-order valence-electron chi connectivity index (χ0n) is 19.4. The van der Waals surface area contributed by atoms with E-state index in [4.69, 9.17) is 0 Å².